The number of amides is 1. The lowest BCUT2D eigenvalue weighted by molar-refractivity contribution is -0.138. The lowest BCUT2D eigenvalue weighted by atomic mass is 10.3. The maximum atomic E-state index is 12.0. The molecule has 0 bridgehead atoms. The Morgan fingerprint density at radius 2 is 1.78 bits per heavy atom. The van der Waals surface area contributed by atoms with E-state index in [2.05, 4.69) is 10.4 Å². The molecule has 0 aliphatic rings. The predicted molar refractivity (Wildman–Crippen MR) is 64.1 cm³/mol. The Morgan fingerprint density at radius 1 is 1.28 bits per heavy atom. The molecule has 9 heteroatoms. The van der Waals surface area contributed by atoms with Crippen molar-refractivity contribution in [2.75, 3.05) is 19.8 Å². The molecule has 0 aliphatic carbocycles. The first kappa shape index (κ1) is 17.1. The zero-order valence-electron chi connectivity index (χ0n) is 10.6. The van der Waals surface area contributed by atoms with Crippen molar-refractivity contribution >= 4 is 19.6 Å². The van der Waals surface area contributed by atoms with Gasteiger partial charge in [-0.15, -0.1) is 0 Å². The normalized spacial score (nSPS) is 13.1. The number of hydrogen-bond donors (Lipinski definition) is 3. The third kappa shape index (κ3) is 6.70. The van der Waals surface area contributed by atoms with E-state index in [4.69, 9.17) is 14.2 Å². The Balaban J connectivity index is 4.40. The average Bonchev–Trinajstić information content (AvgIpc) is 2.25. The molecule has 0 heterocycles. The summed E-state index contributed by atoms with van der Waals surface area (Å²) in [6, 6.07) is -0.895. The fourth-order valence-corrected chi connectivity index (χ4v) is 2.56. The van der Waals surface area contributed by atoms with Gasteiger partial charge in [-0.2, -0.15) is 0 Å². The summed E-state index contributed by atoms with van der Waals surface area (Å²) < 4.78 is 21.9. The van der Waals surface area contributed by atoms with Crippen LogP contribution in [-0.4, -0.2) is 42.8 Å². The first-order chi connectivity index (χ1) is 8.34. The van der Waals surface area contributed by atoms with Crippen LogP contribution in [0.25, 0.3) is 0 Å². The van der Waals surface area contributed by atoms with Crippen LogP contribution < -0.4 is 10.4 Å². The fraction of sp³-hybridized carbons (Fsp3) is 0.778. The van der Waals surface area contributed by atoms with Gasteiger partial charge in [0.1, 0.15) is 6.54 Å². The van der Waals surface area contributed by atoms with E-state index in [-0.39, 0.29) is 13.2 Å². The molecule has 1 unspecified atom stereocenters. The number of nitrogens with one attached hydrogen (secondary N) is 2. The standard InChI is InChI=1S/C9H19N2O6P/c1-4-16-18(15,17-5-2)11-7(3)9(14)10-6-8(12)13/h7H,4-6H2,1-3H3,(H,10,14)(H,11,15)(H,12,13). The number of carbonyl (C=O) groups is 2. The lowest BCUT2D eigenvalue weighted by Gasteiger charge is -2.21. The zero-order valence-corrected chi connectivity index (χ0v) is 11.5. The van der Waals surface area contributed by atoms with Crippen LogP contribution in [-0.2, 0) is 23.2 Å². The molecule has 0 saturated heterocycles. The van der Waals surface area contributed by atoms with Crippen LogP contribution in [0.15, 0.2) is 0 Å². The summed E-state index contributed by atoms with van der Waals surface area (Å²) in [5, 5.41) is 13.0. The van der Waals surface area contributed by atoms with Crippen LogP contribution in [0.5, 0.6) is 0 Å². The second-order valence-corrected chi connectivity index (χ2v) is 5.06. The molecule has 0 aromatic heterocycles. The van der Waals surface area contributed by atoms with Crippen LogP contribution in [0.4, 0.5) is 0 Å². The second kappa shape index (κ2) is 8.20. The van der Waals surface area contributed by atoms with Gasteiger partial charge in [-0.05, 0) is 20.8 Å². The highest BCUT2D eigenvalue weighted by atomic mass is 31.2. The number of aliphatic carboxylic acids is 1. The Morgan fingerprint density at radius 3 is 2.17 bits per heavy atom. The zero-order chi connectivity index (χ0) is 14.2. The molecule has 0 radical (unpaired) electrons. The Bertz CT molecular complexity index is 325. The molecular weight excluding hydrogens is 263 g/mol. The minimum absolute atomic E-state index is 0.160. The van der Waals surface area contributed by atoms with E-state index >= 15 is 0 Å². The van der Waals surface area contributed by atoms with E-state index in [1.54, 1.807) is 13.8 Å². The molecule has 0 spiro atoms. The van der Waals surface area contributed by atoms with E-state index < -0.39 is 32.2 Å². The van der Waals surface area contributed by atoms with Crippen molar-refractivity contribution in [3.8, 4) is 0 Å². The molecular formula is C9H19N2O6P. The number of rotatable bonds is 9. The summed E-state index contributed by atoms with van der Waals surface area (Å²) in [7, 11) is -3.54. The van der Waals surface area contributed by atoms with Crippen molar-refractivity contribution in [3.05, 3.63) is 0 Å². The van der Waals surface area contributed by atoms with Gasteiger partial charge in [-0.3, -0.25) is 18.6 Å². The molecule has 0 fully saturated rings. The summed E-state index contributed by atoms with van der Waals surface area (Å²) in [5.74, 6) is -1.76. The molecule has 18 heavy (non-hydrogen) atoms. The van der Waals surface area contributed by atoms with Crippen LogP contribution in [0.2, 0.25) is 0 Å². The average molecular weight is 282 g/mol. The highest BCUT2D eigenvalue weighted by Gasteiger charge is 2.28. The second-order valence-electron chi connectivity index (χ2n) is 3.30. The Labute approximate surface area is 106 Å². The molecule has 3 N–H and O–H groups in total. The molecule has 0 aromatic rings. The quantitative estimate of drug-likeness (QED) is 0.523. The summed E-state index contributed by atoms with van der Waals surface area (Å²) in [5.41, 5.74) is 0. The third-order valence-electron chi connectivity index (χ3n) is 1.76. The van der Waals surface area contributed by atoms with Gasteiger partial charge < -0.3 is 10.4 Å². The molecule has 0 saturated carbocycles. The smallest absolute Gasteiger partial charge is 0.406 e. The van der Waals surface area contributed by atoms with Crippen LogP contribution >= 0.6 is 7.75 Å². The van der Waals surface area contributed by atoms with Crippen molar-refractivity contribution in [2.45, 2.75) is 26.8 Å². The van der Waals surface area contributed by atoms with Gasteiger partial charge >= 0.3 is 13.7 Å². The topological polar surface area (TPSA) is 114 Å². The van der Waals surface area contributed by atoms with Crippen molar-refractivity contribution in [3.63, 3.8) is 0 Å². The minimum atomic E-state index is -3.54. The number of carbonyl (C=O) groups excluding carboxylic acids is 1. The van der Waals surface area contributed by atoms with Crippen molar-refractivity contribution < 1.29 is 28.3 Å². The molecule has 0 aromatic carbocycles. The number of hydrogen-bond acceptors (Lipinski definition) is 5. The monoisotopic (exact) mass is 282 g/mol. The largest absolute Gasteiger partial charge is 0.480 e. The van der Waals surface area contributed by atoms with Crippen LogP contribution in [0, 0.1) is 0 Å². The SMILES string of the molecule is CCOP(=O)(NC(C)C(=O)NCC(=O)O)OCC. The molecule has 0 rings (SSSR count). The van der Waals surface area contributed by atoms with E-state index in [1.807, 2.05) is 0 Å². The molecule has 106 valence electrons. The highest BCUT2D eigenvalue weighted by molar-refractivity contribution is 7.51. The van der Waals surface area contributed by atoms with Gasteiger partial charge in [-0.1, -0.05) is 0 Å². The van der Waals surface area contributed by atoms with Crippen molar-refractivity contribution in [1.29, 1.82) is 0 Å². The number of carboxylic acids is 1. The van der Waals surface area contributed by atoms with E-state index in [0.717, 1.165) is 0 Å². The highest BCUT2D eigenvalue weighted by Crippen LogP contribution is 2.43. The first-order valence-electron chi connectivity index (χ1n) is 5.51. The predicted octanol–water partition coefficient (Wildman–Crippen LogP) is 0.346. The van der Waals surface area contributed by atoms with E-state index in [9.17, 15) is 14.2 Å². The Hall–Kier alpha value is -0.950. The van der Waals surface area contributed by atoms with Crippen LogP contribution in [0.3, 0.4) is 0 Å². The summed E-state index contributed by atoms with van der Waals surface area (Å²) in [4.78, 5) is 21.7. The molecule has 1 atom stereocenters. The summed E-state index contributed by atoms with van der Waals surface area (Å²) in [6.45, 7) is 4.53. The van der Waals surface area contributed by atoms with Gasteiger partial charge in [0.25, 0.3) is 0 Å². The van der Waals surface area contributed by atoms with E-state index in [1.165, 1.54) is 6.92 Å². The molecule has 0 aliphatic heterocycles. The van der Waals surface area contributed by atoms with Gasteiger partial charge in [0, 0.05) is 0 Å². The molecule has 1 amide bonds. The first-order valence-corrected chi connectivity index (χ1v) is 7.05. The van der Waals surface area contributed by atoms with Crippen molar-refractivity contribution in [2.24, 2.45) is 0 Å². The maximum Gasteiger partial charge on any atom is 0.406 e. The number of carboxylic acid groups (broad SMARTS) is 1. The molecule has 8 nitrogen and oxygen atoms in total. The minimum Gasteiger partial charge on any atom is -0.480 e. The van der Waals surface area contributed by atoms with Gasteiger partial charge in [-0.25, -0.2) is 9.65 Å². The van der Waals surface area contributed by atoms with Gasteiger partial charge in [0.2, 0.25) is 5.91 Å². The summed E-state index contributed by atoms with van der Waals surface area (Å²) >= 11 is 0. The van der Waals surface area contributed by atoms with Gasteiger partial charge in [0.15, 0.2) is 0 Å². The van der Waals surface area contributed by atoms with Crippen LogP contribution in [0.1, 0.15) is 20.8 Å². The van der Waals surface area contributed by atoms with Gasteiger partial charge in [0.05, 0.1) is 19.3 Å². The lowest BCUT2D eigenvalue weighted by Crippen LogP contribution is -2.43. The van der Waals surface area contributed by atoms with E-state index in [0.29, 0.717) is 0 Å². The third-order valence-corrected chi connectivity index (χ3v) is 3.66. The Kier molecular flexibility index (Phi) is 7.77. The summed E-state index contributed by atoms with van der Waals surface area (Å²) in [6.07, 6.45) is 0. The van der Waals surface area contributed by atoms with Crippen molar-refractivity contribution in [1.82, 2.24) is 10.4 Å². The fourth-order valence-electron chi connectivity index (χ4n) is 1.06. The maximum absolute atomic E-state index is 12.0.